The molecule has 3 aromatic rings. The molecule has 0 spiro atoms. The van der Waals surface area contributed by atoms with E-state index in [4.69, 9.17) is 25.8 Å². The average Bonchev–Trinajstić information content (AvgIpc) is 2.90. The summed E-state index contributed by atoms with van der Waals surface area (Å²) < 4.78 is 43.6. The molecule has 0 bridgehead atoms. The van der Waals surface area contributed by atoms with E-state index >= 15 is 0 Å². The van der Waals surface area contributed by atoms with Gasteiger partial charge in [0.05, 0.1) is 24.8 Å². The number of nitrogens with zero attached hydrogens (tertiary/aromatic N) is 1. The van der Waals surface area contributed by atoms with Gasteiger partial charge in [-0.3, -0.25) is 4.79 Å². The number of anilines is 1. The fraction of sp³-hybridized carbons (Fsp3) is 0.269. The van der Waals surface area contributed by atoms with E-state index in [0.717, 1.165) is 0 Å². The van der Waals surface area contributed by atoms with E-state index in [1.807, 2.05) is 0 Å². The molecule has 1 aliphatic heterocycles. The first-order chi connectivity index (χ1) is 17.3. The molecular weight excluding hydrogens is 504 g/mol. The topological polar surface area (TPSA) is 94.2 Å². The van der Waals surface area contributed by atoms with Crippen LogP contribution in [0.25, 0.3) is 0 Å². The van der Waals surface area contributed by atoms with Crippen molar-refractivity contribution in [2.45, 2.75) is 17.7 Å². The number of amides is 1. The number of nitrogens with one attached hydrogen (secondary N) is 1. The van der Waals surface area contributed by atoms with Crippen LogP contribution in [0.2, 0.25) is 5.02 Å². The summed E-state index contributed by atoms with van der Waals surface area (Å²) >= 11 is 6.17. The van der Waals surface area contributed by atoms with Crippen molar-refractivity contribution in [3.05, 3.63) is 71.8 Å². The Bertz CT molecular complexity index is 1310. The van der Waals surface area contributed by atoms with Gasteiger partial charge < -0.3 is 19.5 Å². The minimum Gasteiger partial charge on any atom is -0.497 e. The van der Waals surface area contributed by atoms with Gasteiger partial charge in [-0.1, -0.05) is 11.6 Å². The van der Waals surface area contributed by atoms with E-state index in [9.17, 15) is 13.2 Å². The number of carbonyl (C=O) groups excluding carboxylic acids is 1. The summed E-state index contributed by atoms with van der Waals surface area (Å²) in [4.78, 5) is 13.3. The first-order valence-corrected chi connectivity index (χ1v) is 13.2. The summed E-state index contributed by atoms with van der Waals surface area (Å²) in [6, 6.07) is 18.3. The van der Waals surface area contributed by atoms with Crippen molar-refractivity contribution >= 4 is 33.2 Å². The van der Waals surface area contributed by atoms with E-state index in [1.54, 1.807) is 61.7 Å². The van der Waals surface area contributed by atoms with Gasteiger partial charge in [0.2, 0.25) is 15.9 Å². The first-order valence-electron chi connectivity index (χ1n) is 11.4. The maximum atomic E-state index is 13.1. The lowest BCUT2D eigenvalue weighted by atomic mass is 9.97. The molecule has 0 aromatic heterocycles. The molecule has 190 valence electrons. The van der Waals surface area contributed by atoms with Crippen LogP contribution in [0.3, 0.4) is 0 Å². The Labute approximate surface area is 215 Å². The van der Waals surface area contributed by atoms with E-state index in [1.165, 1.54) is 23.5 Å². The minimum atomic E-state index is -3.65. The quantitative estimate of drug-likeness (QED) is 0.431. The van der Waals surface area contributed by atoms with Gasteiger partial charge in [-0.05, 0) is 79.6 Å². The Hall–Kier alpha value is -3.27. The van der Waals surface area contributed by atoms with Crippen LogP contribution in [-0.4, -0.2) is 45.9 Å². The predicted molar refractivity (Wildman–Crippen MR) is 138 cm³/mol. The highest BCUT2D eigenvalue weighted by atomic mass is 35.5. The van der Waals surface area contributed by atoms with Crippen LogP contribution in [0.4, 0.5) is 5.69 Å². The fourth-order valence-corrected chi connectivity index (χ4v) is 5.59. The number of rotatable bonds is 8. The van der Waals surface area contributed by atoms with Gasteiger partial charge in [-0.2, -0.15) is 4.31 Å². The molecule has 1 fully saturated rings. The highest BCUT2D eigenvalue weighted by Crippen LogP contribution is 2.34. The van der Waals surface area contributed by atoms with Gasteiger partial charge in [0, 0.05) is 24.0 Å². The van der Waals surface area contributed by atoms with Crippen LogP contribution in [-0.2, 0) is 14.8 Å². The monoisotopic (exact) mass is 530 g/mol. The standard InChI is InChI=1S/C26H27ClN2O6S/c1-33-20-4-6-22(7-5-20)35-25-12-3-19(27)17-24(25)28-26(30)18-13-15-29(16-14-18)36(31,32)23-10-8-21(34-2)9-11-23/h3-12,17-18H,13-16H2,1-2H3,(H,28,30). The maximum Gasteiger partial charge on any atom is 0.243 e. The molecule has 0 radical (unpaired) electrons. The zero-order valence-electron chi connectivity index (χ0n) is 19.9. The number of hydrogen-bond acceptors (Lipinski definition) is 6. The van der Waals surface area contributed by atoms with Gasteiger partial charge in [-0.25, -0.2) is 8.42 Å². The van der Waals surface area contributed by atoms with Crippen molar-refractivity contribution in [2.75, 3.05) is 32.6 Å². The van der Waals surface area contributed by atoms with Crippen molar-refractivity contribution in [1.82, 2.24) is 4.31 Å². The third kappa shape index (κ3) is 5.92. The van der Waals surface area contributed by atoms with Gasteiger partial charge in [0.1, 0.15) is 17.2 Å². The number of benzene rings is 3. The summed E-state index contributed by atoms with van der Waals surface area (Å²) in [7, 11) is -0.538. The van der Waals surface area contributed by atoms with Crippen molar-refractivity contribution in [3.8, 4) is 23.0 Å². The van der Waals surface area contributed by atoms with E-state index in [0.29, 0.717) is 46.5 Å². The first kappa shape index (κ1) is 25.8. The van der Waals surface area contributed by atoms with Crippen LogP contribution < -0.4 is 19.5 Å². The largest absolute Gasteiger partial charge is 0.497 e. The number of ether oxygens (including phenoxy) is 3. The normalized spacial score (nSPS) is 14.8. The predicted octanol–water partition coefficient (Wildman–Crippen LogP) is 5.19. The third-order valence-electron chi connectivity index (χ3n) is 6.01. The molecule has 1 N–H and O–H groups in total. The Kier molecular flexibility index (Phi) is 8.03. The van der Waals surface area contributed by atoms with Gasteiger partial charge in [-0.15, -0.1) is 0 Å². The third-order valence-corrected chi connectivity index (χ3v) is 8.16. The lowest BCUT2D eigenvalue weighted by Gasteiger charge is -2.30. The number of halogens is 1. The lowest BCUT2D eigenvalue weighted by Crippen LogP contribution is -2.41. The van der Waals surface area contributed by atoms with Crippen molar-refractivity contribution in [3.63, 3.8) is 0 Å². The summed E-state index contributed by atoms with van der Waals surface area (Å²) in [6.07, 6.45) is 0.799. The lowest BCUT2D eigenvalue weighted by molar-refractivity contribution is -0.120. The van der Waals surface area contributed by atoms with Gasteiger partial charge >= 0.3 is 0 Å². The second kappa shape index (κ2) is 11.2. The number of methoxy groups -OCH3 is 2. The zero-order valence-corrected chi connectivity index (χ0v) is 21.5. The van der Waals surface area contributed by atoms with E-state index < -0.39 is 10.0 Å². The van der Waals surface area contributed by atoms with Crippen molar-refractivity contribution < 1.29 is 27.4 Å². The van der Waals surface area contributed by atoms with Crippen LogP contribution >= 0.6 is 11.6 Å². The average molecular weight is 531 g/mol. The molecule has 1 aliphatic rings. The number of sulfonamides is 1. The van der Waals surface area contributed by atoms with Crippen molar-refractivity contribution in [1.29, 1.82) is 0 Å². The minimum absolute atomic E-state index is 0.199. The Morgan fingerprint density at radius 3 is 2.03 bits per heavy atom. The number of carbonyl (C=O) groups is 1. The molecule has 0 unspecified atom stereocenters. The molecule has 36 heavy (non-hydrogen) atoms. The molecule has 8 nitrogen and oxygen atoms in total. The number of piperidine rings is 1. The highest BCUT2D eigenvalue weighted by molar-refractivity contribution is 7.89. The molecular formula is C26H27ClN2O6S. The maximum absolute atomic E-state index is 13.1. The molecule has 0 aliphatic carbocycles. The Balaban J connectivity index is 1.40. The Morgan fingerprint density at radius 2 is 1.44 bits per heavy atom. The molecule has 3 aromatic carbocycles. The SMILES string of the molecule is COc1ccc(Oc2ccc(Cl)cc2NC(=O)C2CCN(S(=O)(=O)c3ccc(OC)cc3)CC2)cc1. The van der Waals surface area contributed by atoms with E-state index in [-0.39, 0.29) is 29.8 Å². The Morgan fingerprint density at radius 1 is 0.889 bits per heavy atom. The van der Waals surface area contributed by atoms with Crippen molar-refractivity contribution in [2.24, 2.45) is 5.92 Å². The second-order valence-corrected chi connectivity index (χ2v) is 10.6. The fourth-order valence-electron chi connectivity index (χ4n) is 3.95. The van der Waals surface area contributed by atoms with Gasteiger partial charge in [0.25, 0.3) is 0 Å². The molecule has 0 atom stereocenters. The summed E-state index contributed by atoms with van der Waals surface area (Å²) in [5.74, 6) is 1.74. The molecule has 10 heteroatoms. The van der Waals surface area contributed by atoms with Crippen LogP contribution in [0.15, 0.2) is 71.6 Å². The zero-order chi connectivity index (χ0) is 25.7. The smallest absolute Gasteiger partial charge is 0.243 e. The van der Waals surface area contributed by atoms with Crippen LogP contribution in [0.5, 0.6) is 23.0 Å². The van der Waals surface area contributed by atoms with Crippen LogP contribution in [0.1, 0.15) is 12.8 Å². The summed E-state index contributed by atoms with van der Waals surface area (Å²) in [5.41, 5.74) is 0.441. The molecule has 4 rings (SSSR count). The summed E-state index contributed by atoms with van der Waals surface area (Å²) in [5, 5.41) is 3.36. The molecule has 0 saturated carbocycles. The number of hydrogen-bond donors (Lipinski definition) is 1. The second-order valence-electron chi connectivity index (χ2n) is 8.26. The summed E-state index contributed by atoms with van der Waals surface area (Å²) in [6.45, 7) is 0.494. The van der Waals surface area contributed by atoms with Gasteiger partial charge in [0.15, 0.2) is 5.75 Å². The highest BCUT2D eigenvalue weighted by Gasteiger charge is 2.32. The molecule has 1 saturated heterocycles. The van der Waals surface area contributed by atoms with E-state index in [2.05, 4.69) is 5.32 Å². The van der Waals surface area contributed by atoms with Crippen LogP contribution in [0, 0.1) is 5.92 Å². The molecule has 1 amide bonds. The molecule has 1 heterocycles.